The number of aromatic hydroxyl groups is 1. The number of carbonyl (C=O) groups is 5. The van der Waals surface area contributed by atoms with Crippen LogP contribution in [0.4, 0.5) is 5.69 Å². The molecule has 0 saturated heterocycles. The predicted molar refractivity (Wildman–Crippen MR) is 151 cm³/mol. The fourth-order valence-electron chi connectivity index (χ4n) is 3.89. The number of carbonyl (C=O) groups excluding carboxylic acids is 4. The highest BCUT2D eigenvalue weighted by molar-refractivity contribution is 5.93. The number of nitrogens with two attached hydrogens (primary N) is 2. The summed E-state index contributed by atoms with van der Waals surface area (Å²) in [5.41, 5.74) is 13.0. The maximum atomic E-state index is 13.0. The van der Waals surface area contributed by atoms with Crippen molar-refractivity contribution in [3.05, 3.63) is 59.7 Å². The van der Waals surface area contributed by atoms with Crippen LogP contribution in [0.5, 0.6) is 5.75 Å². The Bertz CT molecular complexity index is 1220. The van der Waals surface area contributed by atoms with Crippen molar-refractivity contribution < 1.29 is 34.2 Å². The smallest absolute Gasteiger partial charge is 0.326 e. The second-order valence-electron chi connectivity index (χ2n) is 10.0. The topological polar surface area (TPSA) is 226 Å². The molecule has 0 aromatic heterocycles. The van der Waals surface area contributed by atoms with Crippen LogP contribution in [-0.4, -0.2) is 71.0 Å². The van der Waals surface area contributed by atoms with Gasteiger partial charge in [-0.05, 0) is 42.0 Å². The Morgan fingerprint density at radius 1 is 0.805 bits per heavy atom. The fourth-order valence-corrected chi connectivity index (χ4v) is 3.89. The molecule has 2 rings (SSSR count). The molecule has 2 aromatic carbocycles. The Balaban J connectivity index is 1.89. The molecule has 13 heteroatoms. The van der Waals surface area contributed by atoms with E-state index >= 15 is 0 Å². The van der Waals surface area contributed by atoms with Gasteiger partial charge in [-0.25, -0.2) is 4.79 Å². The minimum absolute atomic E-state index is 0.00965. The molecular weight excluding hydrogens is 532 g/mol. The highest BCUT2D eigenvalue weighted by Crippen LogP contribution is 2.21. The van der Waals surface area contributed by atoms with Crippen LogP contribution in [0.3, 0.4) is 0 Å². The van der Waals surface area contributed by atoms with E-state index in [-0.39, 0.29) is 36.6 Å². The summed E-state index contributed by atoms with van der Waals surface area (Å²) in [4.78, 5) is 61.7. The normalized spacial score (nSPS) is 13.0. The molecule has 0 aliphatic carbocycles. The van der Waals surface area contributed by atoms with Crippen LogP contribution in [0.15, 0.2) is 48.5 Å². The third-order valence-corrected chi connectivity index (χ3v) is 6.01. The van der Waals surface area contributed by atoms with E-state index in [1.807, 2.05) is 13.8 Å². The molecule has 0 aliphatic heterocycles. The third-order valence-electron chi connectivity index (χ3n) is 6.01. The number of carboxylic acids is 1. The quantitative estimate of drug-likeness (QED) is 0.101. The summed E-state index contributed by atoms with van der Waals surface area (Å²) in [5, 5.41) is 28.8. The Morgan fingerprint density at radius 2 is 1.46 bits per heavy atom. The monoisotopic (exact) mass is 570 g/mol. The minimum Gasteiger partial charge on any atom is -0.506 e. The van der Waals surface area contributed by atoms with Crippen molar-refractivity contribution in [2.75, 3.05) is 18.8 Å². The Morgan fingerprint density at radius 3 is 2.07 bits per heavy atom. The average molecular weight is 571 g/mol. The number of phenolic OH excluding ortho intramolecular Hbond substituents is 1. The van der Waals surface area contributed by atoms with Gasteiger partial charge in [-0.3, -0.25) is 19.2 Å². The maximum absolute atomic E-state index is 13.0. The summed E-state index contributed by atoms with van der Waals surface area (Å²) in [6.45, 7) is 2.73. The molecule has 0 heterocycles. The first-order valence-corrected chi connectivity index (χ1v) is 13.1. The second kappa shape index (κ2) is 15.8. The van der Waals surface area contributed by atoms with Crippen LogP contribution >= 0.6 is 0 Å². The van der Waals surface area contributed by atoms with E-state index in [1.165, 1.54) is 12.1 Å². The molecule has 3 atom stereocenters. The molecule has 0 unspecified atom stereocenters. The lowest BCUT2D eigenvalue weighted by molar-refractivity contribution is -0.142. The number of phenols is 1. The zero-order valence-electron chi connectivity index (χ0n) is 23.1. The highest BCUT2D eigenvalue weighted by atomic mass is 16.4. The van der Waals surface area contributed by atoms with Crippen LogP contribution in [-0.2, 0) is 36.8 Å². The molecule has 2 aromatic rings. The first-order chi connectivity index (χ1) is 19.3. The van der Waals surface area contributed by atoms with Gasteiger partial charge in [0.2, 0.25) is 23.6 Å². The SMILES string of the molecule is CC(C)C[C@H](NC(=O)[C@H](Cc1ccccc1)NC(=O)CNC(=O)CNC(=O)[C@@H](N)Cc1ccc(O)c(N)c1)C(=O)O. The second-order valence-corrected chi connectivity index (χ2v) is 10.0. The van der Waals surface area contributed by atoms with Gasteiger partial charge in [-0.2, -0.15) is 0 Å². The number of benzene rings is 2. The number of amides is 4. The number of hydrogen-bond donors (Lipinski definition) is 8. The molecule has 0 radical (unpaired) electrons. The van der Waals surface area contributed by atoms with E-state index in [4.69, 9.17) is 11.5 Å². The van der Waals surface area contributed by atoms with Crippen molar-refractivity contribution in [1.82, 2.24) is 21.3 Å². The number of anilines is 1. The maximum Gasteiger partial charge on any atom is 0.326 e. The van der Waals surface area contributed by atoms with Gasteiger partial charge >= 0.3 is 5.97 Å². The molecule has 13 nitrogen and oxygen atoms in total. The van der Waals surface area contributed by atoms with Crippen molar-refractivity contribution >= 4 is 35.3 Å². The lowest BCUT2D eigenvalue weighted by Crippen LogP contribution is -2.54. The van der Waals surface area contributed by atoms with E-state index in [0.29, 0.717) is 5.56 Å². The highest BCUT2D eigenvalue weighted by Gasteiger charge is 2.27. The van der Waals surface area contributed by atoms with E-state index in [0.717, 1.165) is 5.56 Å². The summed E-state index contributed by atoms with van der Waals surface area (Å²) in [6.07, 6.45) is 0.424. The number of rotatable bonds is 15. The summed E-state index contributed by atoms with van der Waals surface area (Å²) < 4.78 is 0. The fraction of sp³-hybridized carbons (Fsp3) is 0.393. The van der Waals surface area contributed by atoms with E-state index in [2.05, 4.69) is 21.3 Å². The number of carboxylic acid groups (broad SMARTS) is 1. The van der Waals surface area contributed by atoms with E-state index in [9.17, 15) is 34.2 Å². The Kier molecular flexibility index (Phi) is 12.6. The summed E-state index contributed by atoms with van der Waals surface area (Å²) in [5.74, 6) is -3.88. The summed E-state index contributed by atoms with van der Waals surface area (Å²) >= 11 is 0. The molecule has 10 N–H and O–H groups in total. The Labute approximate surface area is 238 Å². The molecule has 0 saturated carbocycles. The van der Waals surface area contributed by atoms with Crippen LogP contribution in [0.2, 0.25) is 0 Å². The van der Waals surface area contributed by atoms with Gasteiger partial charge in [0.05, 0.1) is 24.8 Å². The van der Waals surface area contributed by atoms with E-state index in [1.54, 1.807) is 36.4 Å². The standard InChI is InChI=1S/C28H38N6O7/c1-16(2)10-22(28(40)41)34-27(39)21(13-17-6-4-3-5-7-17)33-25(37)15-31-24(36)14-32-26(38)20(30)12-18-8-9-23(35)19(29)11-18/h3-9,11,16,20-22,35H,10,12-15,29-30H2,1-2H3,(H,31,36)(H,32,38)(H,33,37)(H,34,39)(H,40,41)/t20-,21-,22-/m0/s1. The van der Waals surface area contributed by atoms with Gasteiger partial charge in [0.15, 0.2) is 0 Å². The van der Waals surface area contributed by atoms with Gasteiger partial charge in [0.1, 0.15) is 17.8 Å². The van der Waals surface area contributed by atoms with Gasteiger partial charge in [0.25, 0.3) is 0 Å². The molecule has 0 bridgehead atoms. The third kappa shape index (κ3) is 11.5. The molecule has 41 heavy (non-hydrogen) atoms. The zero-order chi connectivity index (χ0) is 30.5. The Hall–Kier alpha value is -4.65. The van der Waals surface area contributed by atoms with E-state index < -0.39 is 60.8 Å². The molecule has 4 amide bonds. The van der Waals surface area contributed by atoms with Gasteiger partial charge in [-0.15, -0.1) is 0 Å². The first kappa shape index (κ1) is 32.6. The summed E-state index contributed by atoms with van der Waals surface area (Å²) in [6, 6.07) is 10.1. The minimum atomic E-state index is -1.18. The predicted octanol–water partition coefficient (Wildman–Crippen LogP) is -0.580. The molecule has 222 valence electrons. The van der Waals surface area contributed by atoms with Crippen molar-refractivity contribution in [3.8, 4) is 5.75 Å². The van der Waals surface area contributed by atoms with Crippen LogP contribution < -0.4 is 32.7 Å². The van der Waals surface area contributed by atoms with Gasteiger partial charge in [0, 0.05) is 6.42 Å². The molecule has 0 spiro atoms. The van der Waals surface area contributed by atoms with Gasteiger partial charge in [-0.1, -0.05) is 50.2 Å². The van der Waals surface area contributed by atoms with Crippen LogP contribution in [0.1, 0.15) is 31.4 Å². The lowest BCUT2D eigenvalue weighted by atomic mass is 10.0. The number of hydrogen-bond acceptors (Lipinski definition) is 8. The first-order valence-electron chi connectivity index (χ1n) is 13.1. The zero-order valence-corrected chi connectivity index (χ0v) is 23.1. The van der Waals surface area contributed by atoms with Crippen molar-refractivity contribution in [2.24, 2.45) is 11.7 Å². The van der Waals surface area contributed by atoms with Gasteiger partial charge < -0.3 is 42.9 Å². The van der Waals surface area contributed by atoms with Crippen molar-refractivity contribution in [1.29, 1.82) is 0 Å². The largest absolute Gasteiger partial charge is 0.506 e. The van der Waals surface area contributed by atoms with Crippen LogP contribution in [0.25, 0.3) is 0 Å². The average Bonchev–Trinajstić information content (AvgIpc) is 2.92. The lowest BCUT2D eigenvalue weighted by Gasteiger charge is -2.22. The molecular formula is C28H38N6O7. The summed E-state index contributed by atoms with van der Waals surface area (Å²) in [7, 11) is 0. The number of nitrogen functional groups attached to an aromatic ring is 1. The number of nitrogens with one attached hydrogen (secondary N) is 4. The van der Waals surface area contributed by atoms with Crippen LogP contribution in [0, 0.1) is 5.92 Å². The molecule has 0 fully saturated rings. The van der Waals surface area contributed by atoms with Crippen molar-refractivity contribution in [2.45, 2.75) is 51.2 Å². The molecule has 0 aliphatic rings. The van der Waals surface area contributed by atoms with Crippen molar-refractivity contribution in [3.63, 3.8) is 0 Å². The number of aliphatic carboxylic acids is 1.